The Morgan fingerprint density at radius 2 is 1.43 bits per heavy atom. The summed E-state index contributed by atoms with van der Waals surface area (Å²) in [6.07, 6.45) is 5.83. The number of fused-ring (bicyclic) bond motifs is 5. The van der Waals surface area contributed by atoms with Crippen LogP contribution in [0.5, 0.6) is 0 Å². The van der Waals surface area contributed by atoms with Crippen LogP contribution in [0.1, 0.15) is 194 Å². The number of carbonyl (C=O) groups excluding carboxylic acids is 7. The van der Waals surface area contributed by atoms with Gasteiger partial charge in [0.25, 0.3) is 0 Å². The number of carbonyl (C=O) groups is 7. The van der Waals surface area contributed by atoms with Gasteiger partial charge in [-0.15, -0.1) is 0 Å². The van der Waals surface area contributed by atoms with Crippen LogP contribution in [0.15, 0.2) is 84.0 Å². The van der Waals surface area contributed by atoms with Crippen LogP contribution >= 0.6 is 0 Å². The molecule has 5 aliphatic rings. The fraction of sp³-hybridized carbons (Fsp3) is 0.657. The number of hydrogen-bond acceptors (Lipinski definition) is 19. The van der Waals surface area contributed by atoms with Crippen LogP contribution in [0.25, 0.3) is 0 Å². The summed E-state index contributed by atoms with van der Waals surface area (Å²) in [6.45, 7) is 14.8. The van der Waals surface area contributed by atoms with E-state index in [1.807, 2.05) is 0 Å². The highest BCUT2D eigenvalue weighted by Crippen LogP contribution is 2.64. The van der Waals surface area contributed by atoms with Crippen molar-refractivity contribution < 1.29 is 91.1 Å². The number of ketones is 1. The Morgan fingerprint density at radius 3 is 2.02 bits per heavy atom. The van der Waals surface area contributed by atoms with Crippen molar-refractivity contribution in [3.63, 3.8) is 0 Å². The van der Waals surface area contributed by atoms with Crippen molar-refractivity contribution in [2.75, 3.05) is 19.8 Å². The molecule has 13 atom stereocenters. The van der Waals surface area contributed by atoms with Gasteiger partial charge in [0.2, 0.25) is 6.10 Å². The number of Topliss-reactive ketones (excluding diaryl/α,β-unsaturated/α-hetero) is 1. The number of aliphatic hydroxyl groups is 2. The van der Waals surface area contributed by atoms with Crippen molar-refractivity contribution in [1.82, 2.24) is 5.32 Å². The van der Waals surface area contributed by atoms with Crippen LogP contribution in [-0.2, 0) is 66.5 Å². The number of esters is 4. The van der Waals surface area contributed by atoms with E-state index in [1.54, 1.807) is 83.1 Å². The van der Waals surface area contributed by atoms with E-state index in [0.29, 0.717) is 6.42 Å². The van der Waals surface area contributed by atoms with Gasteiger partial charge in [-0.1, -0.05) is 133 Å². The molecule has 3 unspecified atom stereocenters. The zero-order chi connectivity index (χ0) is 63.3. The van der Waals surface area contributed by atoms with Gasteiger partial charge in [-0.25, -0.2) is 19.2 Å². The van der Waals surface area contributed by atoms with Crippen LogP contribution in [0, 0.1) is 16.7 Å². The Bertz CT molecular complexity index is 2760. The Morgan fingerprint density at radius 1 is 0.805 bits per heavy atom. The van der Waals surface area contributed by atoms with E-state index in [0.717, 1.165) is 52.4 Å². The number of nitrogens with one attached hydrogen (secondary N) is 1. The number of amides is 1. The van der Waals surface area contributed by atoms with Gasteiger partial charge in [0.1, 0.15) is 48.3 Å². The number of aliphatic hydroxyl groups excluding tert-OH is 1. The second kappa shape index (κ2) is 29.9. The van der Waals surface area contributed by atoms with E-state index in [4.69, 9.17) is 47.4 Å². The zero-order valence-corrected chi connectivity index (χ0v) is 52.5. The van der Waals surface area contributed by atoms with Crippen molar-refractivity contribution in [2.45, 2.75) is 244 Å². The lowest BCUT2D eigenvalue weighted by Gasteiger charge is -2.67. The second-order valence-electron chi connectivity index (χ2n) is 25.7. The van der Waals surface area contributed by atoms with E-state index in [2.05, 4.69) is 24.4 Å². The van der Waals surface area contributed by atoms with E-state index < -0.39 is 137 Å². The van der Waals surface area contributed by atoms with Gasteiger partial charge in [-0.3, -0.25) is 14.4 Å². The zero-order valence-electron chi connectivity index (χ0n) is 52.5. The van der Waals surface area contributed by atoms with Gasteiger partial charge in [-0.05, 0) is 102 Å². The average Bonchev–Trinajstić information content (AvgIpc) is 0.810. The summed E-state index contributed by atoms with van der Waals surface area (Å²) in [5.74, 6) is -6.53. The molecule has 2 aliphatic heterocycles. The lowest BCUT2D eigenvalue weighted by molar-refractivity contribution is -0.346. The molecule has 4 fully saturated rings. The number of rotatable bonds is 27. The van der Waals surface area contributed by atoms with Crippen molar-refractivity contribution in [3.8, 4) is 0 Å². The van der Waals surface area contributed by atoms with Crippen molar-refractivity contribution >= 4 is 41.9 Å². The summed E-state index contributed by atoms with van der Waals surface area (Å²) in [4.78, 5) is 100. The summed E-state index contributed by atoms with van der Waals surface area (Å²) < 4.78 is 60.1. The third-order valence-corrected chi connectivity index (χ3v) is 17.9. The molecule has 2 saturated heterocycles. The van der Waals surface area contributed by atoms with E-state index in [1.165, 1.54) is 70.9 Å². The third-order valence-electron chi connectivity index (χ3n) is 17.9. The molecule has 2 saturated carbocycles. The number of allylic oxidation sites excluding steroid dienone is 2. The summed E-state index contributed by atoms with van der Waals surface area (Å²) in [7, 11) is 0. The molecular formula is C67H93NO19. The molecule has 2 aromatic carbocycles. The summed E-state index contributed by atoms with van der Waals surface area (Å²) in [5, 5.41) is 29.0. The Kier molecular flexibility index (Phi) is 23.5. The van der Waals surface area contributed by atoms with E-state index in [9.17, 15) is 34.2 Å². The van der Waals surface area contributed by atoms with Crippen LogP contribution in [0.3, 0.4) is 0 Å². The Hall–Kier alpha value is -6.19. The smallest absolute Gasteiger partial charge is 0.455 e. The number of ether oxygens (including phenoxy) is 10. The number of benzene rings is 2. The fourth-order valence-corrected chi connectivity index (χ4v) is 13.3. The number of hydrogen-bond donors (Lipinski definition) is 3. The molecule has 1 amide bonds. The normalized spacial score (nSPS) is 28.9. The van der Waals surface area contributed by atoms with Crippen LogP contribution in [0.4, 0.5) is 9.59 Å². The minimum atomic E-state index is -2.50. The SMILES string of the molecule is CCCCCCC/C=C/CCCCCCCCC1OCC(COC(=O)O[C@@H](C(=O)O[C@H]2C[C@@]3(O)[C@@H](OC(=O)c4ccccc4)C4[C@](C)(C(=O)[C@H](OC(C)=O)C(=C2C)C3(C)C)[C@@H](O)C[C@H]2OC[C@@]42OC(C)=O)[C@@H](NC(=O)OC(C)(C)C)c2ccccc2)O1. The molecule has 20 nitrogen and oxygen atoms in total. The van der Waals surface area contributed by atoms with Gasteiger partial charge in [0.15, 0.2) is 23.8 Å². The van der Waals surface area contributed by atoms with Gasteiger partial charge >= 0.3 is 36.1 Å². The molecule has 480 valence electrons. The first-order valence-corrected chi connectivity index (χ1v) is 31.2. The summed E-state index contributed by atoms with van der Waals surface area (Å²) >= 11 is 0. The van der Waals surface area contributed by atoms with Crippen molar-refractivity contribution in [2.24, 2.45) is 16.7 Å². The van der Waals surface area contributed by atoms with Crippen LogP contribution < -0.4 is 5.32 Å². The van der Waals surface area contributed by atoms with E-state index in [-0.39, 0.29) is 48.5 Å². The molecule has 2 aromatic rings. The molecule has 20 heteroatoms. The minimum Gasteiger partial charge on any atom is -0.455 e. The first kappa shape index (κ1) is 68.3. The molecule has 3 aliphatic carbocycles. The topological polar surface area (TPSA) is 264 Å². The van der Waals surface area contributed by atoms with Crippen molar-refractivity contribution in [3.05, 3.63) is 95.1 Å². The molecule has 2 heterocycles. The predicted molar refractivity (Wildman–Crippen MR) is 317 cm³/mol. The minimum absolute atomic E-state index is 0.0360. The monoisotopic (exact) mass is 1220 g/mol. The molecular weight excluding hydrogens is 1120 g/mol. The molecule has 0 spiro atoms. The molecule has 2 bridgehead atoms. The maximum Gasteiger partial charge on any atom is 0.509 e. The number of alkyl carbamates (subject to hydrolysis) is 1. The Labute approximate surface area is 512 Å². The average molecular weight is 1220 g/mol. The lowest BCUT2D eigenvalue weighted by Crippen LogP contribution is -2.82. The van der Waals surface area contributed by atoms with Gasteiger partial charge in [-0.2, -0.15) is 0 Å². The molecule has 3 N–H and O–H groups in total. The molecule has 87 heavy (non-hydrogen) atoms. The van der Waals surface area contributed by atoms with Gasteiger partial charge in [0.05, 0.1) is 36.2 Å². The standard InChI is InChI=1S/C67H93NO19/c1-11-12-13-14-15-16-17-18-19-20-21-22-23-24-31-36-51-78-39-47(82-51)40-79-62(76)84-55(53(45-32-27-25-28-33-45)68-61(75)87-63(5,6)7)60(74)83-48-38-67(77)58(85-59(73)46-34-29-26-30-35-46)56-65(10,49(71)37-50-66(56,41-80-50)86-44(4)70)57(72)54(81-43(3)69)52(42(48)2)64(67,8)9/h17-18,25-30,32-35,47-51,53-56,58,71,77H,11-16,19-24,31,36-41H2,1-10H3,(H,68,75)/b18-17+/t47?,48-,49-,50+,51?,53-,54+,55+,56?,58-,65+,66-,67+/m0/s1. The highest BCUT2D eigenvalue weighted by molar-refractivity contribution is 5.95. The number of unbranched alkanes of at least 4 members (excludes halogenated alkanes) is 11. The first-order valence-electron chi connectivity index (χ1n) is 31.2. The van der Waals surface area contributed by atoms with Crippen LogP contribution in [-0.4, -0.2) is 138 Å². The molecule has 7 rings (SSSR count). The van der Waals surface area contributed by atoms with E-state index >= 15 is 9.59 Å². The van der Waals surface area contributed by atoms with Gasteiger partial charge in [0, 0.05) is 32.1 Å². The van der Waals surface area contributed by atoms with Crippen molar-refractivity contribution in [1.29, 1.82) is 0 Å². The van der Waals surface area contributed by atoms with Gasteiger partial charge < -0.3 is 62.9 Å². The predicted octanol–water partition coefficient (Wildman–Crippen LogP) is 10.8. The first-order chi connectivity index (χ1) is 41.3. The Balaban J connectivity index is 1.16. The van der Waals surface area contributed by atoms with Crippen LogP contribution in [0.2, 0.25) is 0 Å². The third kappa shape index (κ3) is 16.2. The molecule has 0 aromatic heterocycles. The highest BCUT2D eigenvalue weighted by atomic mass is 16.8. The fourth-order valence-electron chi connectivity index (χ4n) is 13.3. The summed E-state index contributed by atoms with van der Waals surface area (Å²) in [6, 6.07) is 14.4. The maximum atomic E-state index is 15.9. The largest absolute Gasteiger partial charge is 0.509 e. The lowest BCUT2D eigenvalue weighted by atomic mass is 9.44. The highest BCUT2D eigenvalue weighted by Gasteiger charge is 2.78. The second-order valence-corrected chi connectivity index (χ2v) is 25.7. The molecule has 0 radical (unpaired) electrons. The summed E-state index contributed by atoms with van der Waals surface area (Å²) in [5.41, 5.74) is -8.92. The quantitative estimate of drug-likeness (QED) is 0.0325. The maximum absolute atomic E-state index is 15.9.